The van der Waals surface area contributed by atoms with E-state index in [1.54, 1.807) is 6.92 Å². The van der Waals surface area contributed by atoms with Crippen molar-refractivity contribution in [2.24, 2.45) is 0 Å². The second-order valence-electron chi connectivity index (χ2n) is 2.10. The Bertz CT molecular complexity index is 379. The quantitative estimate of drug-likeness (QED) is 0.678. The van der Waals surface area contributed by atoms with E-state index in [1.807, 2.05) is 0 Å². The molecule has 0 fully saturated rings. The van der Waals surface area contributed by atoms with Gasteiger partial charge >= 0.3 is 0 Å². The van der Waals surface area contributed by atoms with E-state index in [1.165, 1.54) is 10.9 Å². The van der Waals surface area contributed by atoms with Crippen LogP contribution in [0.2, 0.25) is 0 Å². The van der Waals surface area contributed by atoms with Gasteiger partial charge in [-0.15, -0.1) is 5.10 Å². The van der Waals surface area contributed by atoms with Gasteiger partial charge < -0.3 is 0 Å². The summed E-state index contributed by atoms with van der Waals surface area (Å²) in [5, 5.41) is 8.05. The second kappa shape index (κ2) is 3.06. The maximum Gasteiger partial charge on any atom is 0.217 e. The van der Waals surface area contributed by atoms with E-state index in [4.69, 9.17) is 0 Å². The number of hydrogen-bond acceptors (Lipinski definition) is 4. The molecule has 66 valence electrons. The molecular formula is C6H9N3O2S. The molecule has 0 amide bonds. The molecule has 0 atom stereocenters. The number of aryl methyl sites for hydroxylation is 1. The third-order valence-electron chi connectivity index (χ3n) is 1.39. The highest BCUT2D eigenvalue weighted by molar-refractivity contribution is 7.94. The third-order valence-corrected chi connectivity index (χ3v) is 2.73. The largest absolute Gasteiger partial charge is 0.234 e. The zero-order chi connectivity index (χ0) is 9.19. The van der Waals surface area contributed by atoms with E-state index in [0.29, 0.717) is 6.54 Å². The fourth-order valence-electron chi connectivity index (χ4n) is 0.773. The molecule has 0 unspecified atom stereocenters. The van der Waals surface area contributed by atoms with Gasteiger partial charge in [-0.3, -0.25) is 0 Å². The summed E-state index contributed by atoms with van der Waals surface area (Å²) in [5.41, 5.74) is 0. The molecule has 0 aromatic carbocycles. The normalized spacial score (nSPS) is 11.4. The van der Waals surface area contributed by atoms with E-state index in [-0.39, 0.29) is 5.03 Å². The first-order valence-corrected chi connectivity index (χ1v) is 4.92. The summed E-state index contributed by atoms with van der Waals surface area (Å²) in [7, 11) is -3.40. The lowest BCUT2D eigenvalue weighted by Gasteiger charge is -1.98. The highest BCUT2D eigenvalue weighted by Gasteiger charge is 2.15. The number of aromatic nitrogens is 3. The topological polar surface area (TPSA) is 64.8 Å². The highest BCUT2D eigenvalue weighted by atomic mass is 32.2. The summed E-state index contributed by atoms with van der Waals surface area (Å²) in [5.74, 6) is 0. The van der Waals surface area contributed by atoms with E-state index in [9.17, 15) is 8.42 Å². The average molecular weight is 187 g/mol. The van der Waals surface area contributed by atoms with Crippen LogP contribution in [-0.4, -0.2) is 23.4 Å². The molecule has 1 aromatic rings. The standard InChI is InChI=1S/C6H9N3O2S/c1-3-9-6(5-7-8-9)12(10,11)4-2/h4-5H,2-3H2,1H3. The van der Waals surface area contributed by atoms with Crippen LogP contribution in [0, 0.1) is 0 Å². The van der Waals surface area contributed by atoms with Crippen LogP contribution in [0.1, 0.15) is 6.92 Å². The summed E-state index contributed by atoms with van der Waals surface area (Å²) in [6, 6.07) is 0. The van der Waals surface area contributed by atoms with Crippen molar-refractivity contribution in [2.45, 2.75) is 18.5 Å². The Balaban J connectivity index is 3.28. The molecule has 0 aliphatic heterocycles. The molecule has 1 heterocycles. The predicted molar refractivity (Wildman–Crippen MR) is 43.1 cm³/mol. The number of hydrogen-bond donors (Lipinski definition) is 0. The summed E-state index contributed by atoms with van der Waals surface area (Å²) >= 11 is 0. The highest BCUT2D eigenvalue weighted by Crippen LogP contribution is 2.08. The van der Waals surface area contributed by atoms with Gasteiger partial charge in [0.25, 0.3) is 0 Å². The molecule has 6 heteroatoms. The minimum absolute atomic E-state index is 0.0833. The van der Waals surface area contributed by atoms with E-state index >= 15 is 0 Å². The molecule has 12 heavy (non-hydrogen) atoms. The minimum atomic E-state index is -3.40. The van der Waals surface area contributed by atoms with Gasteiger partial charge in [-0.1, -0.05) is 11.8 Å². The van der Waals surface area contributed by atoms with Crippen LogP contribution >= 0.6 is 0 Å². The Labute approximate surface area is 70.6 Å². The first-order valence-electron chi connectivity index (χ1n) is 3.38. The van der Waals surface area contributed by atoms with Crippen molar-refractivity contribution in [1.82, 2.24) is 15.0 Å². The van der Waals surface area contributed by atoms with Gasteiger partial charge in [0, 0.05) is 12.0 Å². The zero-order valence-corrected chi connectivity index (χ0v) is 7.45. The molecule has 0 radical (unpaired) electrons. The van der Waals surface area contributed by atoms with Gasteiger partial charge in [0.2, 0.25) is 9.84 Å². The molecule has 0 bridgehead atoms. The van der Waals surface area contributed by atoms with Crippen LogP contribution in [0.5, 0.6) is 0 Å². The molecule has 0 N–H and O–H groups in total. The Hall–Kier alpha value is -1.17. The molecule has 1 rings (SSSR count). The molecular weight excluding hydrogens is 178 g/mol. The van der Waals surface area contributed by atoms with Crippen LogP contribution in [0.25, 0.3) is 0 Å². The zero-order valence-electron chi connectivity index (χ0n) is 6.64. The van der Waals surface area contributed by atoms with Crippen molar-refractivity contribution < 1.29 is 8.42 Å². The lowest BCUT2D eigenvalue weighted by Crippen LogP contribution is -2.07. The molecule has 0 aliphatic rings. The van der Waals surface area contributed by atoms with Crippen molar-refractivity contribution in [2.75, 3.05) is 0 Å². The van der Waals surface area contributed by atoms with E-state index in [2.05, 4.69) is 16.9 Å². The lowest BCUT2D eigenvalue weighted by molar-refractivity contribution is 0.551. The first kappa shape index (κ1) is 8.92. The van der Waals surface area contributed by atoms with Crippen molar-refractivity contribution >= 4 is 9.84 Å². The van der Waals surface area contributed by atoms with Crippen LogP contribution in [-0.2, 0) is 16.4 Å². The van der Waals surface area contributed by atoms with Gasteiger partial charge in [0.1, 0.15) is 0 Å². The maximum atomic E-state index is 11.2. The van der Waals surface area contributed by atoms with Gasteiger partial charge in [0.05, 0.1) is 6.20 Å². The molecule has 1 aromatic heterocycles. The number of rotatable bonds is 3. The molecule has 0 aliphatic carbocycles. The van der Waals surface area contributed by atoms with E-state index < -0.39 is 9.84 Å². The number of nitrogens with zero attached hydrogens (tertiary/aromatic N) is 3. The smallest absolute Gasteiger partial charge is 0.217 e. The predicted octanol–water partition coefficient (Wildman–Crippen LogP) is 0.215. The van der Waals surface area contributed by atoms with Gasteiger partial charge in [-0.25, -0.2) is 13.1 Å². The van der Waals surface area contributed by atoms with Crippen LogP contribution in [0.3, 0.4) is 0 Å². The molecule has 5 nitrogen and oxygen atoms in total. The Morgan fingerprint density at radius 1 is 1.75 bits per heavy atom. The second-order valence-corrected chi connectivity index (χ2v) is 3.94. The Kier molecular flexibility index (Phi) is 2.27. The number of sulfone groups is 1. The van der Waals surface area contributed by atoms with Crippen molar-refractivity contribution in [1.29, 1.82) is 0 Å². The maximum absolute atomic E-state index is 11.2. The van der Waals surface area contributed by atoms with Crippen molar-refractivity contribution in [3.8, 4) is 0 Å². The summed E-state index contributed by atoms with van der Waals surface area (Å²) < 4.78 is 23.7. The van der Waals surface area contributed by atoms with Crippen molar-refractivity contribution in [3.63, 3.8) is 0 Å². The van der Waals surface area contributed by atoms with Crippen LogP contribution in [0.15, 0.2) is 23.2 Å². The fourth-order valence-corrected chi connectivity index (χ4v) is 1.60. The van der Waals surface area contributed by atoms with Crippen LogP contribution < -0.4 is 0 Å². The summed E-state index contributed by atoms with van der Waals surface area (Å²) in [4.78, 5) is 0. The van der Waals surface area contributed by atoms with Gasteiger partial charge in [-0.05, 0) is 6.92 Å². The lowest BCUT2D eigenvalue weighted by atomic mass is 10.7. The van der Waals surface area contributed by atoms with Gasteiger partial charge in [0.15, 0.2) is 5.03 Å². The van der Waals surface area contributed by atoms with Crippen LogP contribution in [0.4, 0.5) is 0 Å². The first-order chi connectivity index (χ1) is 5.61. The third kappa shape index (κ3) is 1.38. The molecule has 0 spiro atoms. The average Bonchev–Trinajstić information content (AvgIpc) is 2.52. The molecule has 0 saturated carbocycles. The van der Waals surface area contributed by atoms with Crippen molar-refractivity contribution in [3.05, 3.63) is 18.2 Å². The summed E-state index contributed by atoms with van der Waals surface area (Å²) in [6.45, 7) is 5.47. The SMILES string of the molecule is C=CS(=O)(=O)c1cnnn1CC. The Morgan fingerprint density at radius 3 is 2.92 bits per heavy atom. The minimum Gasteiger partial charge on any atom is -0.234 e. The fraction of sp³-hybridized carbons (Fsp3) is 0.333. The summed E-state index contributed by atoms with van der Waals surface area (Å²) in [6.07, 6.45) is 1.21. The monoisotopic (exact) mass is 187 g/mol. The van der Waals surface area contributed by atoms with Gasteiger partial charge in [-0.2, -0.15) is 0 Å². The van der Waals surface area contributed by atoms with E-state index in [0.717, 1.165) is 5.41 Å². The Morgan fingerprint density at radius 2 is 2.42 bits per heavy atom. The molecule has 0 saturated heterocycles.